The van der Waals surface area contributed by atoms with E-state index in [1.54, 1.807) is 29.2 Å². The minimum absolute atomic E-state index is 0.0382. The van der Waals surface area contributed by atoms with Gasteiger partial charge in [0, 0.05) is 12.6 Å². The highest BCUT2D eigenvalue weighted by molar-refractivity contribution is 5.97. The van der Waals surface area contributed by atoms with Gasteiger partial charge in [0.05, 0.1) is 17.4 Å². The largest absolute Gasteiger partial charge is 0.294 e. The van der Waals surface area contributed by atoms with E-state index in [9.17, 15) is 9.18 Å². The van der Waals surface area contributed by atoms with E-state index >= 15 is 0 Å². The molecule has 3 rings (SSSR count). The van der Waals surface area contributed by atoms with Crippen molar-refractivity contribution in [1.29, 1.82) is 0 Å². The molecule has 1 heterocycles. The number of halogens is 1. The first kappa shape index (κ1) is 13.2. The van der Waals surface area contributed by atoms with Crippen molar-refractivity contribution < 1.29 is 9.18 Å². The number of hydrogen-bond acceptors (Lipinski definition) is 2. The molecule has 0 saturated carbocycles. The molecular weight excluding hydrogens is 267 g/mol. The second-order valence-corrected chi connectivity index (χ2v) is 4.74. The Kier molecular flexibility index (Phi) is 3.60. The van der Waals surface area contributed by atoms with Crippen LogP contribution in [-0.4, -0.2) is 15.6 Å². The van der Waals surface area contributed by atoms with E-state index in [2.05, 4.69) is 5.10 Å². The van der Waals surface area contributed by atoms with Gasteiger partial charge in [-0.3, -0.25) is 4.79 Å². The van der Waals surface area contributed by atoms with E-state index in [0.29, 0.717) is 5.56 Å². The molecule has 0 aliphatic heterocycles. The van der Waals surface area contributed by atoms with Crippen LogP contribution in [0.4, 0.5) is 4.39 Å². The van der Waals surface area contributed by atoms with Crippen LogP contribution >= 0.6 is 0 Å². The summed E-state index contributed by atoms with van der Waals surface area (Å²) in [5.74, 6) is -0.341. The molecule has 1 aromatic heterocycles. The number of hydrogen-bond donors (Lipinski definition) is 0. The molecule has 21 heavy (non-hydrogen) atoms. The van der Waals surface area contributed by atoms with Crippen LogP contribution in [0, 0.1) is 5.82 Å². The number of ketones is 1. The van der Waals surface area contributed by atoms with Gasteiger partial charge in [0.15, 0.2) is 5.78 Å². The fraction of sp³-hybridized carbons (Fsp3) is 0.0588. The van der Waals surface area contributed by atoms with Gasteiger partial charge in [0.25, 0.3) is 0 Å². The summed E-state index contributed by atoms with van der Waals surface area (Å²) < 4.78 is 14.5. The first-order valence-electron chi connectivity index (χ1n) is 6.60. The molecule has 0 aliphatic carbocycles. The van der Waals surface area contributed by atoms with Crippen LogP contribution in [0.3, 0.4) is 0 Å². The Balaban J connectivity index is 1.77. The van der Waals surface area contributed by atoms with Crippen LogP contribution in [0.25, 0.3) is 5.69 Å². The summed E-state index contributed by atoms with van der Waals surface area (Å²) in [6, 6.07) is 15.5. The highest BCUT2D eigenvalue weighted by Gasteiger charge is 2.10. The summed E-state index contributed by atoms with van der Waals surface area (Å²) >= 11 is 0. The molecule has 3 aromatic rings. The first-order chi connectivity index (χ1) is 10.2. The van der Waals surface area contributed by atoms with Crippen LogP contribution in [0.1, 0.15) is 15.9 Å². The zero-order valence-corrected chi connectivity index (χ0v) is 11.2. The SMILES string of the molecule is O=C(Cc1ccc(F)cc1)c1cnn(-c2ccccc2)c1. The molecule has 0 atom stereocenters. The van der Waals surface area contributed by atoms with E-state index < -0.39 is 0 Å². The van der Waals surface area contributed by atoms with Crippen molar-refractivity contribution in [2.45, 2.75) is 6.42 Å². The van der Waals surface area contributed by atoms with Gasteiger partial charge in [-0.15, -0.1) is 0 Å². The first-order valence-corrected chi connectivity index (χ1v) is 6.60. The molecule has 0 saturated heterocycles. The molecule has 104 valence electrons. The highest BCUT2D eigenvalue weighted by Crippen LogP contribution is 2.11. The molecule has 3 nitrogen and oxygen atoms in total. The van der Waals surface area contributed by atoms with Crippen LogP contribution in [0.5, 0.6) is 0 Å². The van der Waals surface area contributed by atoms with Gasteiger partial charge in [0.2, 0.25) is 0 Å². The fourth-order valence-corrected chi connectivity index (χ4v) is 2.08. The quantitative estimate of drug-likeness (QED) is 0.686. The number of carbonyl (C=O) groups excluding carboxylic acids is 1. The molecule has 0 unspecified atom stereocenters. The zero-order valence-electron chi connectivity index (χ0n) is 11.2. The monoisotopic (exact) mass is 280 g/mol. The van der Waals surface area contributed by atoms with Crippen LogP contribution in [-0.2, 0) is 6.42 Å². The molecule has 0 aliphatic rings. The number of aromatic nitrogens is 2. The lowest BCUT2D eigenvalue weighted by atomic mass is 10.1. The minimum Gasteiger partial charge on any atom is -0.294 e. The van der Waals surface area contributed by atoms with E-state index in [4.69, 9.17) is 0 Å². The van der Waals surface area contributed by atoms with Gasteiger partial charge in [-0.25, -0.2) is 9.07 Å². The number of benzene rings is 2. The Morgan fingerprint density at radius 1 is 1.05 bits per heavy atom. The number of nitrogens with zero attached hydrogens (tertiary/aromatic N) is 2. The van der Waals surface area contributed by atoms with Gasteiger partial charge in [-0.05, 0) is 29.8 Å². The minimum atomic E-state index is -0.303. The number of carbonyl (C=O) groups is 1. The van der Waals surface area contributed by atoms with Crippen molar-refractivity contribution in [1.82, 2.24) is 9.78 Å². The van der Waals surface area contributed by atoms with Crippen LogP contribution in [0.2, 0.25) is 0 Å². The molecular formula is C17H13FN2O. The van der Waals surface area contributed by atoms with Crippen molar-refractivity contribution >= 4 is 5.78 Å². The maximum Gasteiger partial charge on any atom is 0.170 e. The molecule has 0 amide bonds. The average Bonchev–Trinajstić information content (AvgIpc) is 3.00. The van der Waals surface area contributed by atoms with Crippen LogP contribution < -0.4 is 0 Å². The lowest BCUT2D eigenvalue weighted by molar-refractivity contribution is 0.0993. The standard InChI is InChI=1S/C17H13FN2O/c18-15-8-6-13(7-9-15)10-17(21)14-11-19-20(12-14)16-4-2-1-3-5-16/h1-9,11-12H,10H2. The Morgan fingerprint density at radius 3 is 2.48 bits per heavy atom. The third-order valence-corrected chi connectivity index (χ3v) is 3.20. The summed E-state index contributed by atoms with van der Waals surface area (Å²) in [6.07, 6.45) is 3.50. The van der Waals surface area contributed by atoms with Crippen LogP contribution in [0.15, 0.2) is 67.0 Å². The maximum atomic E-state index is 12.8. The average molecular weight is 280 g/mol. The van der Waals surface area contributed by atoms with Crippen molar-refractivity contribution in [2.24, 2.45) is 0 Å². The molecule has 0 bridgehead atoms. The third-order valence-electron chi connectivity index (χ3n) is 3.20. The van der Waals surface area contributed by atoms with E-state index in [1.165, 1.54) is 12.1 Å². The van der Waals surface area contributed by atoms with Crippen molar-refractivity contribution in [2.75, 3.05) is 0 Å². The van der Waals surface area contributed by atoms with E-state index in [-0.39, 0.29) is 18.0 Å². The highest BCUT2D eigenvalue weighted by atomic mass is 19.1. The second-order valence-electron chi connectivity index (χ2n) is 4.74. The second kappa shape index (κ2) is 5.71. The van der Waals surface area contributed by atoms with Crippen molar-refractivity contribution in [3.8, 4) is 5.69 Å². The zero-order chi connectivity index (χ0) is 14.7. The Hall–Kier alpha value is -2.75. The summed E-state index contributed by atoms with van der Waals surface area (Å²) in [7, 11) is 0. The predicted octanol–water partition coefficient (Wildman–Crippen LogP) is 3.44. The van der Waals surface area contributed by atoms with Gasteiger partial charge in [-0.2, -0.15) is 5.10 Å². The predicted molar refractivity (Wildman–Crippen MR) is 78.0 cm³/mol. The summed E-state index contributed by atoms with van der Waals surface area (Å²) in [5, 5.41) is 4.20. The van der Waals surface area contributed by atoms with Gasteiger partial charge >= 0.3 is 0 Å². The van der Waals surface area contributed by atoms with Crippen molar-refractivity contribution in [3.63, 3.8) is 0 Å². The Morgan fingerprint density at radius 2 is 1.76 bits per heavy atom. The smallest absolute Gasteiger partial charge is 0.170 e. The summed E-state index contributed by atoms with van der Waals surface area (Å²) in [6.45, 7) is 0. The molecule has 4 heteroatoms. The molecule has 2 aromatic carbocycles. The fourth-order valence-electron chi connectivity index (χ4n) is 2.08. The molecule has 0 fully saturated rings. The number of Topliss-reactive ketones (excluding diaryl/α,β-unsaturated/α-hetero) is 1. The molecule has 0 N–H and O–H groups in total. The normalized spacial score (nSPS) is 10.5. The lowest BCUT2D eigenvalue weighted by Crippen LogP contribution is -2.02. The van der Waals surface area contributed by atoms with E-state index in [1.807, 2.05) is 30.3 Å². The van der Waals surface area contributed by atoms with Crippen molar-refractivity contribution in [3.05, 3.63) is 83.9 Å². The number of para-hydroxylation sites is 1. The summed E-state index contributed by atoms with van der Waals surface area (Å²) in [4.78, 5) is 12.2. The maximum absolute atomic E-state index is 12.8. The third kappa shape index (κ3) is 3.05. The Labute approximate surface area is 121 Å². The topological polar surface area (TPSA) is 34.9 Å². The number of rotatable bonds is 4. The lowest BCUT2D eigenvalue weighted by Gasteiger charge is -2.00. The van der Waals surface area contributed by atoms with E-state index in [0.717, 1.165) is 11.3 Å². The van der Waals surface area contributed by atoms with Gasteiger partial charge in [-0.1, -0.05) is 30.3 Å². The Bertz CT molecular complexity index is 748. The van der Waals surface area contributed by atoms with Gasteiger partial charge < -0.3 is 0 Å². The van der Waals surface area contributed by atoms with Gasteiger partial charge in [0.1, 0.15) is 5.82 Å². The molecule has 0 spiro atoms. The molecule has 0 radical (unpaired) electrons. The summed E-state index contributed by atoms with van der Waals surface area (Å²) in [5.41, 5.74) is 2.23.